The van der Waals surface area contributed by atoms with E-state index in [9.17, 15) is 0 Å². The minimum atomic E-state index is -1.83. The van der Waals surface area contributed by atoms with Crippen LogP contribution in [0.4, 0.5) is 4.79 Å². The van der Waals surface area contributed by atoms with E-state index in [4.69, 9.17) is 15.0 Å². The average Bonchev–Trinajstić information content (AvgIpc) is 2.13. The maximum absolute atomic E-state index is 8.56. The Bertz CT molecular complexity index is 195. The maximum Gasteiger partial charge on any atom is 0.503 e. The molecule has 2 N–H and O–H groups in total. The van der Waals surface area contributed by atoms with Gasteiger partial charge in [-0.05, 0) is 24.8 Å². The molecule has 0 rings (SSSR count). The number of hydrogen-bond donors (Lipinski definition) is 2. The van der Waals surface area contributed by atoms with Crippen LogP contribution in [0.25, 0.3) is 0 Å². The number of hydrogen-bond acceptors (Lipinski definition) is 1. The predicted octanol–water partition coefficient (Wildman–Crippen LogP) is 3.92. The fourth-order valence-corrected chi connectivity index (χ4v) is 1.24. The largest absolute Gasteiger partial charge is 0.503 e. The summed E-state index contributed by atoms with van der Waals surface area (Å²) in [5, 5.41) is 13.9. The summed E-state index contributed by atoms with van der Waals surface area (Å²) in [4.78, 5) is 8.56. The van der Waals surface area contributed by atoms with Crippen LogP contribution in [0.2, 0.25) is 0 Å². The van der Waals surface area contributed by atoms with Crippen molar-refractivity contribution in [3.8, 4) is 0 Å². The third kappa shape index (κ3) is 8.84. The number of carboxylic acid groups (broad SMARTS) is 2. The first-order valence-corrected chi connectivity index (χ1v) is 4.78. The third-order valence-electron chi connectivity index (χ3n) is 1.93. The molecule has 82 valence electrons. The molecule has 0 heterocycles. The summed E-state index contributed by atoms with van der Waals surface area (Å²) in [7, 11) is 0. The van der Waals surface area contributed by atoms with Crippen LogP contribution >= 0.6 is 0 Å². The molecule has 0 aromatic carbocycles. The van der Waals surface area contributed by atoms with Crippen molar-refractivity contribution in [1.82, 2.24) is 0 Å². The molecule has 0 spiro atoms. The molecule has 0 fully saturated rings. The standard InChI is InChI=1S/C10H18.CH2O3/c1-5-9(6-2)10(7-3)8-4;2-1(3)4/h5H,1,6-8H2,2-4H3;(H2,2,3,4). The van der Waals surface area contributed by atoms with Crippen molar-refractivity contribution < 1.29 is 15.0 Å². The summed E-state index contributed by atoms with van der Waals surface area (Å²) >= 11 is 0. The van der Waals surface area contributed by atoms with E-state index in [1.54, 1.807) is 5.57 Å². The van der Waals surface area contributed by atoms with E-state index in [1.807, 2.05) is 6.08 Å². The number of allylic oxidation sites excluding steroid dienone is 3. The average molecular weight is 200 g/mol. The molecule has 0 saturated carbocycles. The predicted molar refractivity (Wildman–Crippen MR) is 58.7 cm³/mol. The van der Waals surface area contributed by atoms with Crippen LogP contribution in [0.1, 0.15) is 40.0 Å². The Hall–Kier alpha value is -1.25. The fraction of sp³-hybridized carbons (Fsp3) is 0.545. The molecule has 0 amide bonds. The van der Waals surface area contributed by atoms with Gasteiger partial charge in [-0.1, -0.05) is 39.0 Å². The minimum Gasteiger partial charge on any atom is -0.450 e. The van der Waals surface area contributed by atoms with E-state index in [-0.39, 0.29) is 0 Å². The molecule has 3 nitrogen and oxygen atoms in total. The summed E-state index contributed by atoms with van der Waals surface area (Å²) in [6.07, 6.45) is 3.63. The molecule has 0 aromatic heterocycles. The van der Waals surface area contributed by atoms with Crippen molar-refractivity contribution in [2.45, 2.75) is 40.0 Å². The van der Waals surface area contributed by atoms with Crippen molar-refractivity contribution in [2.75, 3.05) is 0 Å². The van der Waals surface area contributed by atoms with Gasteiger partial charge in [-0.25, -0.2) is 4.79 Å². The SMILES string of the molecule is C=CC(CC)=C(CC)CC.O=C(O)O. The molecule has 3 heteroatoms. The van der Waals surface area contributed by atoms with Gasteiger partial charge >= 0.3 is 6.16 Å². The first kappa shape index (κ1) is 15.2. The van der Waals surface area contributed by atoms with Gasteiger partial charge in [-0.3, -0.25) is 0 Å². The lowest BCUT2D eigenvalue weighted by molar-refractivity contribution is 0.137. The Morgan fingerprint density at radius 2 is 1.50 bits per heavy atom. The molecule has 0 atom stereocenters. The molecular weight excluding hydrogens is 180 g/mol. The van der Waals surface area contributed by atoms with Crippen LogP contribution in [-0.2, 0) is 0 Å². The molecule has 0 bridgehead atoms. The Morgan fingerprint density at radius 3 is 1.57 bits per heavy atom. The van der Waals surface area contributed by atoms with Gasteiger partial charge in [0.25, 0.3) is 0 Å². The van der Waals surface area contributed by atoms with Crippen LogP contribution in [0.5, 0.6) is 0 Å². The summed E-state index contributed by atoms with van der Waals surface area (Å²) in [6.45, 7) is 10.4. The van der Waals surface area contributed by atoms with Crippen LogP contribution in [0.3, 0.4) is 0 Å². The smallest absolute Gasteiger partial charge is 0.450 e. The highest BCUT2D eigenvalue weighted by molar-refractivity contribution is 5.53. The lowest BCUT2D eigenvalue weighted by Gasteiger charge is -2.05. The third-order valence-corrected chi connectivity index (χ3v) is 1.93. The van der Waals surface area contributed by atoms with Crippen molar-refractivity contribution in [3.63, 3.8) is 0 Å². The van der Waals surface area contributed by atoms with Crippen LogP contribution in [0, 0.1) is 0 Å². The van der Waals surface area contributed by atoms with Gasteiger partial charge in [0.05, 0.1) is 0 Å². The molecule has 0 radical (unpaired) electrons. The lowest BCUT2D eigenvalue weighted by Crippen LogP contribution is -1.85. The van der Waals surface area contributed by atoms with E-state index in [0.717, 1.165) is 6.42 Å². The fourth-order valence-electron chi connectivity index (χ4n) is 1.24. The van der Waals surface area contributed by atoms with E-state index in [1.165, 1.54) is 18.4 Å². The Kier molecular flexibility index (Phi) is 10.7. The van der Waals surface area contributed by atoms with Gasteiger partial charge < -0.3 is 10.2 Å². The van der Waals surface area contributed by atoms with Crippen molar-refractivity contribution in [1.29, 1.82) is 0 Å². The molecule has 0 aliphatic rings. The number of rotatable bonds is 4. The van der Waals surface area contributed by atoms with Crippen LogP contribution in [-0.4, -0.2) is 16.4 Å². The topological polar surface area (TPSA) is 57.5 Å². The molecule has 0 unspecified atom stereocenters. The Balaban J connectivity index is 0. The zero-order valence-electron chi connectivity index (χ0n) is 9.21. The second kappa shape index (κ2) is 9.84. The quantitative estimate of drug-likeness (QED) is 0.676. The first-order chi connectivity index (χ1) is 6.53. The molecule has 14 heavy (non-hydrogen) atoms. The van der Waals surface area contributed by atoms with Crippen molar-refractivity contribution >= 4 is 6.16 Å². The highest BCUT2D eigenvalue weighted by Gasteiger charge is 1.95. The molecule has 0 aliphatic carbocycles. The maximum atomic E-state index is 8.56. The van der Waals surface area contributed by atoms with Gasteiger partial charge in [0.1, 0.15) is 0 Å². The van der Waals surface area contributed by atoms with Gasteiger partial charge in [-0.15, -0.1) is 0 Å². The normalized spacial score (nSPS) is 8.21. The molecule has 0 saturated heterocycles. The Morgan fingerprint density at radius 1 is 1.14 bits per heavy atom. The highest BCUT2D eigenvalue weighted by atomic mass is 16.6. The van der Waals surface area contributed by atoms with Crippen LogP contribution < -0.4 is 0 Å². The van der Waals surface area contributed by atoms with Crippen molar-refractivity contribution in [2.24, 2.45) is 0 Å². The number of carbonyl (C=O) groups is 1. The zero-order chi connectivity index (χ0) is 11.6. The second-order valence-electron chi connectivity index (χ2n) is 2.68. The summed E-state index contributed by atoms with van der Waals surface area (Å²) in [5.41, 5.74) is 2.99. The second-order valence-corrected chi connectivity index (χ2v) is 2.68. The zero-order valence-corrected chi connectivity index (χ0v) is 9.21. The van der Waals surface area contributed by atoms with Gasteiger partial charge in [0.2, 0.25) is 0 Å². The Labute approximate surface area is 85.8 Å². The summed E-state index contributed by atoms with van der Waals surface area (Å²) in [6, 6.07) is 0. The minimum absolute atomic E-state index is 1.13. The molecule has 0 aromatic rings. The van der Waals surface area contributed by atoms with E-state index in [2.05, 4.69) is 27.4 Å². The van der Waals surface area contributed by atoms with Crippen molar-refractivity contribution in [3.05, 3.63) is 23.8 Å². The highest BCUT2D eigenvalue weighted by Crippen LogP contribution is 2.15. The van der Waals surface area contributed by atoms with E-state index < -0.39 is 6.16 Å². The van der Waals surface area contributed by atoms with Crippen LogP contribution in [0.15, 0.2) is 23.8 Å². The molecule has 0 aliphatic heterocycles. The monoisotopic (exact) mass is 200 g/mol. The van der Waals surface area contributed by atoms with Gasteiger partial charge in [0.15, 0.2) is 0 Å². The summed E-state index contributed by atoms with van der Waals surface area (Å²) < 4.78 is 0. The van der Waals surface area contributed by atoms with Gasteiger partial charge in [-0.2, -0.15) is 0 Å². The first-order valence-electron chi connectivity index (χ1n) is 4.78. The summed E-state index contributed by atoms with van der Waals surface area (Å²) in [5.74, 6) is 0. The van der Waals surface area contributed by atoms with E-state index >= 15 is 0 Å². The van der Waals surface area contributed by atoms with Gasteiger partial charge in [0, 0.05) is 0 Å². The van der Waals surface area contributed by atoms with E-state index in [0.29, 0.717) is 0 Å². The lowest BCUT2D eigenvalue weighted by atomic mass is 10.0. The molecular formula is C11H20O3.